The Labute approximate surface area is 132 Å². The second kappa shape index (κ2) is 8.50. The number of carbonyl (C=O) groups excluding carboxylic acids is 1. The molecular weight excluding hydrogens is 295 g/mol. The Balaban J connectivity index is 0.00000200. The van der Waals surface area contributed by atoms with Gasteiger partial charge in [0.15, 0.2) is 0 Å². The molecule has 1 heterocycles. The Hall–Kier alpha value is -0.770. The molecule has 0 radical (unpaired) electrons. The number of carbonyl (C=O) groups is 1. The highest BCUT2D eigenvalue weighted by molar-refractivity contribution is 6.30. The van der Waals surface area contributed by atoms with Crippen LogP contribution in [0.4, 0.5) is 0 Å². The zero-order chi connectivity index (χ0) is 13.7. The SMILES string of the molecule is CCNCC1CCN(C(=O)c2cccc(Cl)c2)CC1.Cl. The molecule has 0 bridgehead atoms. The van der Waals surface area contributed by atoms with Gasteiger partial charge in [-0.05, 0) is 50.0 Å². The highest BCUT2D eigenvalue weighted by Crippen LogP contribution is 2.19. The molecule has 112 valence electrons. The van der Waals surface area contributed by atoms with Crippen LogP contribution in [0.5, 0.6) is 0 Å². The van der Waals surface area contributed by atoms with E-state index in [-0.39, 0.29) is 18.3 Å². The first-order valence-corrected chi connectivity index (χ1v) is 7.34. The summed E-state index contributed by atoms with van der Waals surface area (Å²) in [6.07, 6.45) is 2.17. The molecule has 0 atom stereocenters. The van der Waals surface area contributed by atoms with Crippen molar-refractivity contribution in [1.82, 2.24) is 10.2 Å². The van der Waals surface area contributed by atoms with Crippen LogP contribution in [0.1, 0.15) is 30.1 Å². The van der Waals surface area contributed by atoms with Crippen molar-refractivity contribution in [3.63, 3.8) is 0 Å². The van der Waals surface area contributed by atoms with Gasteiger partial charge < -0.3 is 10.2 Å². The van der Waals surface area contributed by atoms with Crippen molar-refractivity contribution in [3.05, 3.63) is 34.9 Å². The van der Waals surface area contributed by atoms with Gasteiger partial charge in [0.05, 0.1) is 0 Å². The van der Waals surface area contributed by atoms with Crippen LogP contribution in [-0.4, -0.2) is 37.0 Å². The number of hydrogen-bond acceptors (Lipinski definition) is 2. The average Bonchev–Trinajstić information content (AvgIpc) is 2.45. The summed E-state index contributed by atoms with van der Waals surface area (Å²) >= 11 is 5.93. The minimum absolute atomic E-state index is 0. The summed E-state index contributed by atoms with van der Waals surface area (Å²) in [7, 11) is 0. The molecule has 2 rings (SSSR count). The number of hydrogen-bond donors (Lipinski definition) is 1. The van der Waals surface area contributed by atoms with Crippen LogP contribution in [-0.2, 0) is 0 Å². The fraction of sp³-hybridized carbons (Fsp3) is 0.533. The molecule has 0 aromatic heterocycles. The van der Waals surface area contributed by atoms with E-state index in [0.717, 1.165) is 39.0 Å². The minimum Gasteiger partial charge on any atom is -0.339 e. The van der Waals surface area contributed by atoms with Gasteiger partial charge >= 0.3 is 0 Å². The summed E-state index contributed by atoms with van der Waals surface area (Å²) in [5, 5.41) is 4.00. The van der Waals surface area contributed by atoms with Crippen LogP contribution in [0, 0.1) is 5.92 Å². The normalized spacial score (nSPS) is 15.8. The largest absolute Gasteiger partial charge is 0.339 e. The molecule has 1 amide bonds. The molecule has 0 spiro atoms. The van der Waals surface area contributed by atoms with Crippen molar-refractivity contribution in [1.29, 1.82) is 0 Å². The summed E-state index contributed by atoms with van der Waals surface area (Å²) in [6.45, 7) is 5.90. The number of nitrogens with zero attached hydrogens (tertiary/aromatic N) is 1. The monoisotopic (exact) mass is 316 g/mol. The van der Waals surface area contributed by atoms with E-state index in [1.54, 1.807) is 12.1 Å². The van der Waals surface area contributed by atoms with E-state index < -0.39 is 0 Å². The lowest BCUT2D eigenvalue weighted by Crippen LogP contribution is -2.40. The third-order valence-electron chi connectivity index (χ3n) is 3.66. The van der Waals surface area contributed by atoms with Gasteiger partial charge in [-0.3, -0.25) is 4.79 Å². The van der Waals surface area contributed by atoms with Crippen molar-refractivity contribution in [2.24, 2.45) is 5.92 Å². The maximum Gasteiger partial charge on any atom is 0.253 e. The highest BCUT2D eigenvalue weighted by atomic mass is 35.5. The topological polar surface area (TPSA) is 32.3 Å². The molecule has 1 N–H and O–H groups in total. The number of rotatable bonds is 4. The number of likely N-dealkylation sites (tertiary alicyclic amines) is 1. The number of amides is 1. The molecule has 1 saturated heterocycles. The quantitative estimate of drug-likeness (QED) is 0.925. The molecule has 1 aliphatic rings. The van der Waals surface area contributed by atoms with E-state index in [2.05, 4.69) is 12.2 Å². The summed E-state index contributed by atoms with van der Waals surface area (Å²) in [4.78, 5) is 14.3. The Morgan fingerprint density at radius 1 is 1.40 bits per heavy atom. The van der Waals surface area contributed by atoms with Gasteiger partial charge in [-0.2, -0.15) is 0 Å². The Bertz CT molecular complexity index is 432. The molecule has 20 heavy (non-hydrogen) atoms. The molecule has 0 saturated carbocycles. The van der Waals surface area contributed by atoms with Crippen molar-refractivity contribution in [3.8, 4) is 0 Å². The van der Waals surface area contributed by atoms with Gasteiger partial charge in [0.25, 0.3) is 5.91 Å². The van der Waals surface area contributed by atoms with Gasteiger partial charge in [-0.1, -0.05) is 24.6 Å². The van der Waals surface area contributed by atoms with Crippen molar-refractivity contribution >= 4 is 29.9 Å². The lowest BCUT2D eigenvalue weighted by Gasteiger charge is -2.32. The standard InChI is InChI=1S/C15H21ClN2O.ClH/c1-2-17-11-12-6-8-18(9-7-12)15(19)13-4-3-5-14(16)10-13;/h3-5,10,12,17H,2,6-9,11H2,1H3;1H. The smallest absolute Gasteiger partial charge is 0.253 e. The van der Waals surface area contributed by atoms with Gasteiger partial charge in [0.1, 0.15) is 0 Å². The summed E-state index contributed by atoms with van der Waals surface area (Å²) in [5.41, 5.74) is 0.692. The van der Waals surface area contributed by atoms with Crippen LogP contribution >= 0.6 is 24.0 Å². The molecule has 1 fully saturated rings. The molecule has 3 nitrogen and oxygen atoms in total. The van der Waals surface area contributed by atoms with E-state index in [0.29, 0.717) is 16.5 Å². The summed E-state index contributed by atoms with van der Waals surface area (Å²) in [6, 6.07) is 7.20. The van der Waals surface area contributed by atoms with Crippen LogP contribution in [0.2, 0.25) is 5.02 Å². The lowest BCUT2D eigenvalue weighted by atomic mass is 9.96. The van der Waals surface area contributed by atoms with E-state index in [4.69, 9.17) is 11.6 Å². The van der Waals surface area contributed by atoms with Crippen LogP contribution in [0.15, 0.2) is 24.3 Å². The number of halogens is 2. The van der Waals surface area contributed by atoms with E-state index in [9.17, 15) is 4.79 Å². The number of nitrogens with one attached hydrogen (secondary N) is 1. The Kier molecular flexibility index (Phi) is 7.35. The number of piperidine rings is 1. The maximum atomic E-state index is 12.3. The maximum absolute atomic E-state index is 12.3. The highest BCUT2D eigenvalue weighted by Gasteiger charge is 2.23. The third-order valence-corrected chi connectivity index (χ3v) is 3.89. The van der Waals surface area contributed by atoms with Gasteiger partial charge in [0.2, 0.25) is 0 Å². The van der Waals surface area contributed by atoms with E-state index >= 15 is 0 Å². The Morgan fingerprint density at radius 2 is 2.10 bits per heavy atom. The second-order valence-corrected chi connectivity index (χ2v) is 5.49. The summed E-state index contributed by atoms with van der Waals surface area (Å²) in [5.74, 6) is 0.799. The van der Waals surface area contributed by atoms with Crippen molar-refractivity contribution in [2.75, 3.05) is 26.2 Å². The molecule has 0 aliphatic carbocycles. The van der Waals surface area contributed by atoms with Gasteiger partial charge in [-0.25, -0.2) is 0 Å². The molecule has 5 heteroatoms. The van der Waals surface area contributed by atoms with Crippen molar-refractivity contribution in [2.45, 2.75) is 19.8 Å². The van der Waals surface area contributed by atoms with Gasteiger partial charge in [-0.15, -0.1) is 12.4 Å². The number of benzene rings is 1. The average molecular weight is 317 g/mol. The second-order valence-electron chi connectivity index (χ2n) is 5.05. The lowest BCUT2D eigenvalue weighted by molar-refractivity contribution is 0.0690. The van der Waals surface area contributed by atoms with Crippen molar-refractivity contribution < 1.29 is 4.79 Å². The molecule has 1 aromatic rings. The molecule has 0 unspecified atom stereocenters. The van der Waals surface area contributed by atoms with Crippen LogP contribution in [0.3, 0.4) is 0 Å². The summed E-state index contributed by atoms with van der Waals surface area (Å²) < 4.78 is 0. The van der Waals surface area contributed by atoms with Crippen LogP contribution < -0.4 is 5.32 Å². The van der Waals surface area contributed by atoms with Crippen LogP contribution in [0.25, 0.3) is 0 Å². The third kappa shape index (κ3) is 4.65. The molecular formula is C15H22Cl2N2O. The first kappa shape index (κ1) is 17.3. The fourth-order valence-electron chi connectivity index (χ4n) is 2.49. The first-order valence-electron chi connectivity index (χ1n) is 6.96. The molecule has 1 aliphatic heterocycles. The predicted octanol–water partition coefficient (Wildman–Crippen LogP) is 3.22. The fourth-order valence-corrected chi connectivity index (χ4v) is 2.68. The zero-order valence-corrected chi connectivity index (χ0v) is 13.3. The predicted molar refractivity (Wildman–Crippen MR) is 85.9 cm³/mol. The van der Waals surface area contributed by atoms with Gasteiger partial charge in [0, 0.05) is 23.7 Å². The zero-order valence-electron chi connectivity index (χ0n) is 11.8. The van der Waals surface area contributed by atoms with E-state index in [1.165, 1.54) is 0 Å². The van der Waals surface area contributed by atoms with E-state index in [1.807, 2.05) is 17.0 Å². The Morgan fingerprint density at radius 3 is 2.70 bits per heavy atom. The first-order chi connectivity index (χ1) is 9.20. The molecule has 1 aromatic carbocycles. The minimum atomic E-state index is 0.